The maximum absolute atomic E-state index is 9.46. The van der Waals surface area contributed by atoms with Crippen molar-refractivity contribution in [2.75, 3.05) is 5.32 Å². The molecule has 1 aliphatic rings. The standard InChI is InChI=1S/C33H35N3O/c37-30-21-17-26(18-22-30)14-13-25-15-19-29(20-16-25)35-33-32(23-28-11-7-8-12-31(28)36-33)34-24-27-9-5-3-1-2-4-6-10-27/h7-8,11-24,27,37H,1-6,9-10H2,(H,35,36)/b14-13+,34-24?. The van der Waals surface area contributed by atoms with Crippen LogP contribution in [0.1, 0.15) is 62.5 Å². The number of phenols is 1. The largest absolute Gasteiger partial charge is 0.508 e. The number of anilines is 2. The Hall–Kier alpha value is -3.92. The Morgan fingerprint density at radius 1 is 0.757 bits per heavy atom. The van der Waals surface area contributed by atoms with Crippen LogP contribution in [0, 0.1) is 5.92 Å². The zero-order chi connectivity index (χ0) is 25.3. The molecule has 0 unspecified atom stereocenters. The molecule has 0 atom stereocenters. The fourth-order valence-corrected chi connectivity index (χ4v) is 4.89. The zero-order valence-corrected chi connectivity index (χ0v) is 21.3. The molecule has 1 aromatic heterocycles. The number of rotatable bonds is 6. The van der Waals surface area contributed by atoms with Crippen LogP contribution in [0.15, 0.2) is 83.9 Å². The normalized spacial score (nSPS) is 15.6. The average molecular weight is 490 g/mol. The van der Waals surface area contributed by atoms with Gasteiger partial charge >= 0.3 is 0 Å². The van der Waals surface area contributed by atoms with E-state index >= 15 is 0 Å². The summed E-state index contributed by atoms with van der Waals surface area (Å²) in [7, 11) is 0. The molecule has 1 saturated carbocycles. The fraction of sp³-hybridized carbons (Fsp3) is 0.273. The van der Waals surface area contributed by atoms with Gasteiger partial charge in [-0.1, -0.05) is 93.1 Å². The number of nitrogens with zero attached hydrogens (tertiary/aromatic N) is 2. The molecular formula is C33H35N3O. The van der Waals surface area contributed by atoms with Gasteiger partial charge in [0.1, 0.15) is 11.4 Å². The molecule has 1 aliphatic carbocycles. The van der Waals surface area contributed by atoms with E-state index in [2.05, 4.69) is 54.0 Å². The van der Waals surface area contributed by atoms with Crippen LogP contribution in [-0.2, 0) is 0 Å². The van der Waals surface area contributed by atoms with Crippen LogP contribution in [0.2, 0.25) is 0 Å². The third kappa shape index (κ3) is 7.07. The number of phenolic OH excluding ortho intramolecular Hbond substituents is 1. The first-order valence-electron chi connectivity index (χ1n) is 13.5. The lowest BCUT2D eigenvalue weighted by molar-refractivity contribution is 0.475. The highest BCUT2D eigenvalue weighted by Crippen LogP contribution is 2.31. The van der Waals surface area contributed by atoms with Crippen LogP contribution in [0.5, 0.6) is 5.75 Å². The van der Waals surface area contributed by atoms with E-state index in [0.717, 1.165) is 39.2 Å². The molecule has 1 fully saturated rings. The predicted octanol–water partition coefficient (Wildman–Crippen LogP) is 9.31. The Labute approximate surface area is 219 Å². The third-order valence-electron chi connectivity index (χ3n) is 7.06. The molecule has 37 heavy (non-hydrogen) atoms. The Morgan fingerprint density at radius 3 is 2.08 bits per heavy atom. The van der Waals surface area contributed by atoms with Crippen molar-refractivity contribution in [2.24, 2.45) is 10.9 Å². The van der Waals surface area contributed by atoms with Crippen LogP contribution < -0.4 is 5.32 Å². The van der Waals surface area contributed by atoms with E-state index in [1.807, 2.05) is 36.4 Å². The Kier molecular flexibility index (Phi) is 8.27. The summed E-state index contributed by atoms with van der Waals surface area (Å²) in [6.07, 6.45) is 16.8. The van der Waals surface area contributed by atoms with Gasteiger partial charge in [0.2, 0.25) is 0 Å². The number of nitrogens with one attached hydrogen (secondary N) is 1. The Morgan fingerprint density at radius 2 is 1.38 bits per heavy atom. The number of pyridine rings is 1. The first kappa shape index (κ1) is 24.8. The smallest absolute Gasteiger partial charge is 0.157 e. The third-order valence-corrected chi connectivity index (χ3v) is 7.06. The molecule has 0 saturated heterocycles. The molecule has 3 aromatic carbocycles. The van der Waals surface area contributed by atoms with Gasteiger partial charge in [0, 0.05) is 17.3 Å². The van der Waals surface area contributed by atoms with Gasteiger partial charge in [0.25, 0.3) is 0 Å². The van der Waals surface area contributed by atoms with Crippen molar-refractivity contribution in [1.82, 2.24) is 4.98 Å². The maximum Gasteiger partial charge on any atom is 0.157 e. The van der Waals surface area contributed by atoms with Crippen LogP contribution >= 0.6 is 0 Å². The van der Waals surface area contributed by atoms with E-state index in [-0.39, 0.29) is 5.75 Å². The molecule has 1 heterocycles. The monoisotopic (exact) mass is 489 g/mol. The van der Waals surface area contributed by atoms with E-state index in [0.29, 0.717) is 5.92 Å². The van der Waals surface area contributed by atoms with Gasteiger partial charge in [0.15, 0.2) is 5.82 Å². The molecule has 5 rings (SSSR count). The van der Waals surface area contributed by atoms with Gasteiger partial charge < -0.3 is 10.4 Å². The molecule has 2 N–H and O–H groups in total. The number of aromatic hydroxyl groups is 1. The maximum atomic E-state index is 9.46. The number of hydrogen-bond donors (Lipinski definition) is 2. The van der Waals surface area contributed by atoms with Gasteiger partial charge in [-0.2, -0.15) is 0 Å². The molecular weight excluding hydrogens is 454 g/mol. The molecule has 188 valence electrons. The lowest BCUT2D eigenvalue weighted by Gasteiger charge is -2.13. The molecule has 0 aliphatic heterocycles. The van der Waals surface area contributed by atoms with Crippen molar-refractivity contribution in [3.8, 4) is 5.75 Å². The summed E-state index contributed by atoms with van der Waals surface area (Å²) in [6, 6.07) is 25.8. The Balaban J connectivity index is 1.35. The molecule has 0 bridgehead atoms. The minimum Gasteiger partial charge on any atom is -0.508 e. The van der Waals surface area contributed by atoms with E-state index in [9.17, 15) is 5.11 Å². The molecule has 4 nitrogen and oxygen atoms in total. The number of para-hydroxylation sites is 1. The second kappa shape index (κ2) is 12.4. The predicted molar refractivity (Wildman–Crippen MR) is 157 cm³/mol. The quantitative estimate of drug-likeness (QED) is 0.209. The second-order valence-corrected chi connectivity index (χ2v) is 9.96. The van der Waals surface area contributed by atoms with Crippen LogP contribution in [0.4, 0.5) is 17.2 Å². The lowest BCUT2D eigenvalue weighted by Crippen LogP contribution is -2.02. The number of aliphatic imine (C=N–C) groups is 1. The second-order valence-electron chi connectivity index (χ2n) is 9.96. The van der Waals surface area contributed by atoms with E-state index < -0.39 is 0 Å². The van der Waals surface area contributed by atoms with Crippen molar-refractivity contribution in [3.05, 3.63) is 90.0 Å². The number of benzene rings is 3. The fourth-order valence-electron chi connectivity index (χ4n) is 4.89. The summed E-state index contributed by atoms with van der Waals surface area (Å²) in [5.41, 5.74) is 4.96. The van der Waals surface area contributed by atoms with Crippen molar-refractivity contribution in [2.45, 2.75) is 51.4 Å². The molecule has 0 spiro atoms. The van der Waals surface area contributed by atoms with E-state index in [1.165, 1.54) is 51.4 Å². The van der Waals surface area contributed by atoms with Crippen LogP contribution in [-0.4, -0.2) is 16.3 Å². The Bertz CT molecular complexity index is 1350. The minimum absolute atomic E-state index is 0.277. The highest BCUT2D eigenvalue weighted by Gasteiger charge is 2.11. The molecule has 4 heteroatoms. The topological polar surface area (TPSA) is 57.5 Å². The van der Waals surface area contributed by atoms with Crippen molar-refractivity contribution >= 4 is 46.5 Å². The summed E-state index contributed by atoms with van der Waals surface area (Å²) >= 11 is 0. The zero-order valence-electron chi connectivity index (χ0n) is 21.3. The summed E-state index contributed by atoms with van der Waals surface area (Å²) < 4.78 is 0. The van der Waals surface area contributed by atoms with Crippen LogP contribution in [0.25, 0.3) is 23.1 Å². The highest BCUT2D eigenvalue weighted by molar-refractivity contribution is 5.88. The lowest BCUT2D eigenvalue weighted by atomic mass is 9.98. The summed E-state index contributed by atoms with van der Waals surface area (Å²) in [5, 5.41) is 14.1. The van der Waals surface area contributed by atoms with Gasteiger partial charge in [0.05, 0.1) is 5.52 Å². The number of hydrogen-bond acceptors (Lipinski definition) is 4. The minimum atomic E-state index is 0.277. The SMILES string of the molecule is Oc1ccc(/C=C/c2ccc(Nc3nc4ccccc4cc3N=CC3CCCCCCCC3)cc2)cc1. The summed E-state index contributed by atoms with van der Waals surface area (Å²) in [6.45, 7) is 0. The van der Waals surface area contributed by atoms with Gasteiger partial charge in [-0.05, 0) is 66.3 Å². The molecule has 4 aromatic rings. The van der Waals surface area contributed by atoms with E-state index in [1.54, 1.807) is 12.1 Å². The number of fused-ring (bicyclic) bond motifs is 1. The van der Waals surface area contributed by atoms with Gasteiger partial charge in [-0.25, -0.2) is 4.98 Å². The van der Waals surface area contributed by atoms with Gasteiger partial charge in [-0.3, -0.25) is 4.99 Å². The number of aromatic nitrogens is 1. The van der Waals surface area contributed by atoms with Crippen molar-refractivity contribution < 1.29 is 5.11 Å². The summed E-state index contributed by atoms with van der Waals surface area (Å²) in [5.74, 6) is 1.60. The van der Waals surface area contributed by atoms with E-state index in [4.69, 9.17) is 9.98 Å². The van der Waals surface area contributed by atoms with Crippen LogP contribution in [0.3, 0.4) is 0 Å². The van der Waals surface area contributed by atoms with Crippen molar-refractivity contribution in [1.29, 1.82) is 0 Å². The first-order valence-corrected chi connectivity index (χ1v) is 13.5. The average Bonchev–Trinajstić information content (AvgIpc) is 3.06. The summed E-state index contributed by atoms with van der Waals surface area (Å²) in [4.78, 5) is 9.92. The first-order chi connectivity index (χ1) is 18.2. The molecule has 0 radical (unpaired) electrons. The van der Waals surface area contributed by atoms with Gasteiger partial charge in [-0.15, -0.1) is 0 Å². The molecule has 0 amide bonds. The van der Waals surface area contributed by atoms with Crippen molar-refractivity contribution in [3.63, 3.8) is 0 Å². The highest BCUT2D eigenvalue weighted by atomic mass is 16.3.